The minimum absolute atomic E-state index is 0.0300. The molecule has 146 valence electrons. The Morgan fingerprint density at radius 3 is 2.64 bits per heavy atom. The van der Waals surface area contributed by atoms with Gasteiger partial charge in [-0.25, -0.2) is 0 Å². The van der Waals surface area contributed by atoms with E-state index in [0.717, 1.165) is 29.5 Å². The minimum Gasteiger partial charge on any atom is -0.325 e. The van der Waals surface area contributed by atoms with E-state index in [-0.39, 0.29) is 11.4 Å². The number of alkyl halides is 3. The maximum atomic E-state index is 12.7. The van der Waals surface area contributed by atoms with Gasteiger partial charge in [-0.2, -0.15) is 13.2 Å². The predicted octanol–water partition coefficient (Wildman–Crippen LogP) is 4.89. The quantitative estimate of drug-likeness (QED) is 0.590. The van der Waals surface area contributed by atoms with Gasteiger partial charge in [-0.15, -0.1) is 10.2 Å². The SMILES string of the molecule is Cn1c(SCC(=O)Nc2cccc(C(F)(F)F)c2)nnc1-c1cccc(Cl)c1. The molecule has 0 saturated heterocycles. The van der Waals surface area contributed by atoms with Crippen LogP contribution in [0, 0.1) is 0 Å². The van der Waals surface area contributed by atoms with Crippen LogP contribution in [0.4, 0.5) is 18.9 Å². The van der Waals surface area contributed by atoms with Gasteiger partial charge >= 0.3 is 6.18 Å². The Morgan fingerprint density at radius 1 is 1.18 bits per heavy atom. The minimum atomic E-state index is -4.47. The van der Waals surface area contributed by atoms with Crippen molar-refractivity contribution in [2.75, 3.05) is 11.1 Å². The van der Waals surface area contributed by atoms with E-state index < -0.39 is 17.6 Å². The lowest BCUT2D eigenvalue weighted by molar-refractivity contribution is -0.137. The number of rotatable bonds is 5. The van der Waals surface area contributed by atoms with E-state index in [9.17, 15) is 18.0 Å². The third kappa shape index (κ3) is 4.85. The summed E-state index contributed by atoms with van der Waals surface area (Å²) in [5, 5.41) is 11.7. The van der Waals surface area contributed by atoms with Crippen molar-refractivity contribution >= 4 is 35.0 Å². The van der Waals surface area contributed by atoms with Crippen molar-refractivity contribution in [2.45, 2.75) is 11.3 Å². The fourth-order valence-corrected chi connectivity index (χ4v) is 3.32. The van der Waals surface area contributed by atoms with Crippen molar-refractivity contribution in [3.05, 3.63) is 59.1 Å². The van der Waals surface area contributed by atoms with Crippen LogP contribution in [0.3, 0.4) is 0 Å². The highest BCUT2D eigenvalue weighted by Crippen LogP contribution is 2.31. The number of thioether (sulfide) groups is 1. The number of aromatic nitrogens is 3. The summed E-state index contributed by atoms with van der Waals surface area (Å²) in [6.45, 7) is 0. The average molecular weight is 427 g/mol. The van der Waals surface area contributed by atoms with Crippen LogP contribution in [0.15, 0.2) is 53.7 Å². The Balaban J connectivity index is 1.64. The first-order chi connectivity index (χ1) is 13.2. The lowest BCUT2D eigenvalue weighted by atomic mass is 10.2. The zero-order valence-electron chi connectivity index (χ0n) is 14.5. The number of halogens is 4. The molecular weight excluding hydrogens is 413 g/mol. The van der Waals surface area contributed by atoms with Gasteiger partial charge in [0, 0.05) is 23.3 Å². The highest BCUT2D eigenvalue weighted by Gasteiger charge is 2.30. The maximum absolute atomic E-state index is 12.7. The van der Waals surface area contributed by atoms with E-state index >= 15 is 0 Å². The molecule has 2 aromatic carbocycles. The summed E-state index contributed by atoms with van der Waals surface area (Å²) in [6.07, 6.45) is -4.47. The van der Waals surface area contributed by atoms with Gasteiger partial charge in [-0.3, -0.25) is 4.79 Å². The van der Waals surface area contributed by atoms with Crippen molar-refractivity contribution in [1.82, 2.24) is 14.8 Å². The van der Waals surface area contributed by atoms with Gasteiger partial charge in [0.1, 0.15) is 0 Å². The van der Waals surface area contributed by atoms with Gasteiger partial charge in [0.25, 0.3) is 0 Å². The summed E-state index contributed by atoms with van der Waals surface area (Å²) in [4.78, 5) is 12.1. The van der Waals surface area contributed by atoms with Crippen LogP contribution in [0.2, 0.25) is 5.02 Å². The molecule has 0 aliphatic heterocycles. The molecule has 0 fully saturated rings. The lowest BCUT2D eigenvalue weighted by Gasteiger charge is -2.09. The number of nitrogens with zero attached hydrogens (tertiary/aromatic N) is 3. The molecule has 1 N–H and O–H groups in total. The number of carbonyl (C=O) groups is 1. The van der Waals surface area contributed by atoms with Crippen LogP contribution >= 0.6 is 23.4 Å². The van der Waals surface area contributed by atoms with E-state index in [0.29, 0.717) is 16.0 Å². The van der Waals surface area contributed by atoms with E-state index in [1.165, 1.54) is 12.1 Å². The Hall–Kier alpha value is -2.52. The molecule has 3 rings (SSSR count). The number of hydrogen-bond donors (Lipinski definition) is 1. The molecule has 5 nitrogen and oxygen atoms in total. The number of carbonyl (C=O) groups excluding carboxylic acids is 1. The van der Waals surface area contributed by atoms with Crippen molar-refractivity contribution in [3.8, 4) is 11.4 Å². The van der Waals surface area contributed by atoms with Gasteiger partial charge in [-0.1, -0.05) is 41.6 Å². The highest BCUT2D eigenvalue weighted by molar-refractivity contribution is 7.99. The Kier molecular flexibility index (Phi) is 5.95. The van der Waals surface area contributed by atoms with Gasteiger partial charge in [0.15, 0.2) is 11.0 Å². The van der Waals surface area contributed by atoms with Gasteiger partial charge in [-0.05, 0) is 30.3 Å². The molecule has 1 heterocycles. The molecule has 10 heteroatoms. The number of nitrogens with one attached hydrogen (secondary N) is 1. The van der Waals surface area contributed by atoms with Crippen LogP contribution in [0.25, 0.3) is 11.4 Å². The first-order valence-corrected chi connectivity index (χ1v) is 9.35. The molecule has 0 radical (unpaired) electrons. The molecule has 28 heavy (non-hydrogen) atoms. The molecule has 0 aliphatic rings. The van der Waals surface area contributed by atoms with Crippen LogP contribution in [-0.4, -0.2) is 26.4 Å². The third-order valence-corrected chi connectivity index (χ3v) is 4.98. The summed E-state index contributed by atoms with van der Waals surface area (Å²) in [6, 6.07) is 11.6. The van der Waals surface area contributed by atoms with Crippen LogP contribution in [0.1, 0.15) is 5.56 Å². The summed E-state index contributed by atoms with van der Waals surface area (Å²) in [5.41, 5.74) is 0.0400. The average Bonchev–Trinajstić information content (AvgIpc) is 3.00. The third-order valence-electron chi connectivity index (χ3n) is 3.72. The zero-order chi connectivity index (χ0) is 20.3. The van der Waals surface area contributed by atoms with Crippen molar-refractivity contribution < 1.29 is 18.0 Å². The van der Waals surface area contributed by atoms with Crippen LogP contribution in [-0.2, 0) is 18.0 Å². The highest BCUT2D eigenvalue weighted by atomic mass is 35.5. The second kappa shape index (κ2) is 8.24. The topological polar surface area (TPSA) is 59.8 Å². The number of benzene rings is 2. The molecule has 0 bridgehead atoms. The van der Waals surface area contributed by atoms with Crippen LogP contribution < -0.4 is 5.32 Å². The maximum Gasteiger partial charge on any atom is 0.416 e. The number of amides is 1. The molecule has 3 aromatic rings. The van der Waals surface area contributed by atoms with Gasteiger partial charge in [0.05, 0.1) is 11.3 Å². The standard InChI is InChI=1S/C18H14ClF3N4OS/c1-26-16(11-4-2-6-13(19)8-11)24-25-17(26)28-10-15(27)23-14-7-3-5-12(9-14)18(20,21)22/h2-9H,10H2,1H3,(H,23,27). The Labute approximate surface area is 167 Å². The smallest absolute Gasteiger partial charge is 0.325 e. The molecule has 1 aromatic heterocycles. The second-order valence-corrected chi connectivity index (χ2v) is 7.17. The summed E-state index contributed by atoms with van der Waals surface area (Å²) in [7, 11) is 1.75. The summed E-state index contributed by atoms with van der Waals surface area (Å²) < 4.78 is 39.9. The summed E-state index contributed by atoms with van der Waals surface area (Å²) in [5.74, 6) is 0.109. The van der Waals surface area contributed by atoms with Crippen LogP contribution in [0.5, 0.6) is 0 Å². The van der Waals surface area contributed by atoms with Crippen molar-refractivity contribution in [2.24, 2.45) is 7.05 Å². The first kappa shape index (κ1) is 20.2. The number of anilines is 1. The monoisotopic (exact) mass is 426 g/mol. The predicted molar refractivity (Wildman–Crippen MR) is 102 cm³/mol. The molecule has 0 unspecified atom stereocenters. The normalized spacial score (nSPS) is 11.5. The Morgan fingerprint density at radius 2 is 1.93 bits per heavy atom. The second-order valence-electron chi connectivity index (χ2n) is 5.79. The van der Waals surface area contributed by atoms with E-state index in [2.05, 4.69) is 15.5 Å². The molecule has 0 spiro atoms. The van der Waals surface area contributed by atoms with E-state index in [4.69, 9.17) is 11.6 Å². The molecule has 0 aliphatic carbocycles. The molecule has 1 amide bonds. The van der Waals surface area contributed by atoms with Gasteiger partial charge in [0.2, 0.25) is 5.91 Å². The lowest BCUT2D eigenvalue weighted by Crippen LogP contribution is -2.15. The fourth-order valence-electron chi connectivity index (χ4n) is 2.42. The first-order valence-electron chi connectivity index (χ1n) is 7.99. The number of hydrogen-bond acceptors (Lipinski definition) is 4. The van der Waals surface area contributed by atoms with Gasteiger partial charge < -0.3 is 9.88 Å². The molecule has 0 atom stereocenters. The largest absolute Gasteiger partial charge is 0.416 e. The van der Waals surface area contributed by atoms with E-state index in [1.54, 1.807) is 29.8 Å². The zero-order valence-corrected chi connectivity index (χ0v) is 16.1. The molecular formula is C18H14ClF3N4OS. The Bertz CT molecular complexity index is 1010. The fraction of sp³-hybridized carbons (Fsp3) is 0.167. The van der Waals surface area contributed by atoms with E-state index in [1.807, 2.05) is 6.07 Å². The van der Waals surface area contributed by atoms with Crippen molar-refractivity contribution in [3.63, 3.8) is 0 Å². The molecule has 0 saturated carbocycles. The summed E-state index contributed by atoms with van der Waals surface area (Å²) >= 11 is 7.11. The van der Waals surface area contributed by atoms with Crippen molar-refractivity contribution in [1.29, 1.82) is 0 Å².